The van der Waals surface area contributed by atoms with E-state index in [1.54, 1.807) is 0 Å². The average molecular weight is 194 g/mol. The van der Waals surface area contributed by atoms with Crippen LogP contribution >= 0.6 is 0 Å². The zero-order chi connectivity index (χ0) is 10.1. The van der Waals surface area contributed by atoms with Crippen molar-refractivity contribution in [3.63, 3.8) is 0 Å². The van der Waals surface area contributed by atoms with Crippen molar-refractivity contribution in [2.45, 2.75) is 0 Å². The molecule has 13 heavy (non-hydrogen) atoms. The lowest BCUT2D eigenvalue weighted by atomic mass is 10.6. The van der Waals surface area contributed by atoms with Gasteiger partial charge >= 0.3 is 12.3 Å². The van der Waals surface area contributed by atoms with E-state index in [2.05, 4.69) is 4.74 Å². The van der Waals surface area contributed by atoms with E-state index < -0.39 is 12.3 Å². The minimum atomic E-state index is -1.81. The number of carboxylic acid groups (broad SMARTS) is 2. The SMILES string of the molecule is C1COCCO1.O=C(O)OC(=O)O. The molecule has 76 valence electrons. The summed E-state index contributed by atoms with van der Waals surface area (Å²) in [4.78, 5) is 18.4. The first-order valence-electron chi connectivity index (χ1n) is 3.42. The molecule has 0 radical (unpaired) electrons. The lowest BCUT2D eigenvalue weighted by molar-refractivity contribution is -0.0334. The van der Waals surface area contributed by atoms with Gasteiger partial charge in [-0.25, -0.2) is 9.59 Å². The van der Waals surface area contributed by atoms with Gasteiger partial charge in [0.2, 0.25) is 0 Å². The summed E-state index contributed by atoms with van der Waals surface area (Å²) >= 11 is 0. The fraction of sp³-hybridized carbons (Fsp3) is 0.667. The van der Waals surface area contributed by atoms with Crippen LogP contribution in [0.4, 0.5) is 9.59 Å². The highest BCUT2D eigenvalue weighted by Gasteiger charge is 2.01. The summed E-state index contributed by atoms with van der Waals surface area (Å²) in [6, 6.07) is 0. The molecule has 0 aromatic heterocycles. The van der Waals surface area contributed by atoms with Crippen molar-refractivity contribution < 1.29 is 34.0 Å². The number of ether oxygens (including phenoxy) is 3. The van der Waals surface area contributed by atoms with Crippen molar-refractivity contribution >= 4 is 12.3 Å². The summed E-state index contributed by atoms with van der Waals surface area (Å²) in [7, 11) is 0. The molecule has 0 unspecified atom stereocenters. The molecule has 0 amide bonds. The molecule has 1 rings (SSSR count). The van der Waals surface area contributed by atoms with Gasteiger partial charge in [-0.15, -0.1) is 0 Å². The minimum absolute atomic E-state index is 0.778. The largest absolute Gasteiger partial charge is 0.516 e. The number of hydrogen-bond acceptors (Lipinski definition) is 5. The molecule has 1 aliphatic rings. The predicted octanol–water partition coefficient (Wildman–Crippen LogP) is 0.392. The summed E-state index contributed by atoms with van der Waals surface area (Å²) in [5, 5.41) is 15.0. The molecular weight excluding hydrogens is 184 g/mol. The van der Waals surface area contributed by atoms with Gasteiger partial charge in [0.1, 0.15) is 0 Å². The first-order chi connectivity index (χ1) is 6.13. The summed E-state index contributed by atoms with van der Waals surface area (Å²) in [6.45, 7) is 3.11. The van der Waals surface area contributed by atoms with Crippen LogP contribution in [0.2, 0.25) is 0 Å². The van der Waals surface area contributed by atoms with Crippen LogP contribution in [0.3, 0.4) is 0 Å². The van der Waals surface area contributed by atoms with Crippen LogP contribution in [0, 0.1) is 0 Å². The predicted molar refractivity (Wildman–Crippen MR) is 38.8 cm³/mol. The summed E-state index contributed by atoms with van der Waals surface area (Å²) in [6.07, 6.45) is -3.62. The van der Waals surface area contributed by atoms with E-state index >= 15 is 0 Å². The average Bonchev–Trinajstić information content (AvgIpc) is 2.06. The van der Waals surface area contributed by atoms with Crippen molar-refractivity contribution in [3.8, 4) is 0 Å². The molecule has 1 fully saturated rings. The Morgan fingerprint density at radius 2 is 1.23 bits per heavy atom. The fourth-order valence-electron chi connectivity index (χ4n) is 0.515. The van der Waals surface area contributed by atoms with E-state index in [1.807, 2.05) is 0 Å². The van der Waals surface area contributed by atoms with Crippen LogP contribution in [-0.4, -0.2) is 49.0 Å². The number of carbonyl (C=O) groups is 2. The molecule has 0 aliphatic carbocycles. The zero-order valence-electron chi connectivity index (χ0n) is 6.76. The second-order valence-electron chi connectivity index (χ2n) is 1.86. The van der Waals surface area contributed by atoms with Crippen molar-refractivity contribution in [2.24, 2.45) is 0 Å². The molecule has 7 nitrogen and oxygen atoms in total. The van der Waals surface area contributed by atoms with Crippen LogP contribution in [-0.2, 0) is 14.2 Å². The molecule has 1 heterocycles. The minimum Gasteiger partial charge on any atom is -0.449 e. The Bertz CT molecular complexity index is 139. The monoisotopic (exact) mass is 194 g/mol. The third-order valence-corrected chi connectivity index (χ3v) is 0.919. The second kappa shape index (κ2) is 7.32. The zero-order valence-corrected chi connectivity index (χ0v) is 6.76. The van der Waals surface area contributed by atoms with E-state index in [4.69, 9.17) is 19.7 Å². The van der Waals surface area contributed by atoms with Crippen molar-refractivity contribution in [1.29, 1.82) is 0 Å². The maximum Gasteiger partial charge on any atom is 0.516 e. The highest BCUT2D eigenvalue weighted by molar-refractivity contribution is 5.74. The Hall–Kier alpha value is -1.34. The van der Waals surface area contributed by atoms with Gasteiger partial charge in [-0.2, -0.15) is 0 Å². The van der Waals surface area contributed by atoms with Gasteiger partial charge in [-0.05, 0) is 0 Å². The standard InChI is InChI=1S/C4H8O2.C2H2O5/c1-2-6-4-3-5-1;3-1(4)7-2(5)6/h1-4H2;(H,3,4)(H,5,6). The van der Waals surface area contributed by atoms with E-state index in [1.165, 1.54) is 0 Å². The summed E-state index contributed by atoms with van der Waals surface area (Å²) in [5.41, 5.74) is 0. The molecule has 0 spiro atoms. The molecule has 7 heteroatoms. The van der Waals surface area contributed by atoms with Gasteiger partial charge in [-0.1, -0.05) is 0 Å². The van der Waals surface area contributed by atoms with Gasteiger partial charge < -0.3 is 24.4 Å². The Morgan fingerprint density at radius 3 is 1.31 bits per heavy atom. The van der Waals surface area contributed by atoms with Gasteiger partial charge in [0.15, 0.2) is 0 Å². The van der Waals surface area contributed by atoms with E-state index in [0.29, 0.717) is 0 Å². The second-order valence-corrected chi connectivity index (χ2v) is 1.86. The van der Waals surface area contributed by atoms with Crippen molar-refractivity contribution in [3.05, 3.63) is 0 Å². The molecule has 0 atom stereocenters. The molecule has 1 saturated heterocycles. The van der Waals surface area contributed by atoms with Crippen LogP contribution in [0.1, 0.15) is 0 Å². The highest BCUT2D eigenvalue weighted by Crippen LogP contribution is 1.85. The lowest BCUT2D eigenvalue weighted by Gasteiger charge is -2.09. The van der Waals surface area contributed by atoms with Crippen LogP contribution < -0.4 is 0 Å². The third kappa shape index (κ3) is 10.7. The molecular formula is C6H10O7. The van der Waals surface area contributed by atoms with Crippen LogP contribution in [0.5, 0.6) is 0 Å². The summed E-state index contributed by atoms with van der Waals surface area (Å²) in [5.74, 6) is 0. The Kier molecular flexibility index (Phi) is 6.56. The van der Waals surface area contributed by atoms with E-state index in [-0.39, 0.29) is 0 Å². The van der Waals surface area contributed by atoms with Crippen molar-refractivity contribution in [2.75, 3.05) is 26.4 Å². The van der Waals surface area contributed by atoms with Crippen LogP contribution in [0.25, 0.3) is 0 Å². The van der Waals surface area contributed by atoms with Gasteiger partial charge in [0.25, 0.3) is 0 Å². The molecule has 0 saturated carbocycles. The molecule has 0 aromatic rings. The normalized spacial score (nSPS) is 15.1. The number of hydrogen-bond donors (Lipinski definition) is 2. The first kappa shape index (κ1) is 11.7. The maximum atomic E-state index is 9.21. The molecule has 0 aromatic carbocycles. The molecule has 0 bridgehead atoms. The summed E-state index contributed by atoms with van der Waals surface area (Å²) < 4.78 is 13.0. The van der Waals surface area contributed by atoms with Gasteiger partial charge in [0.05, 0.1) is 26.4 Å². The first-order valence-corrected chi connectivity index (χ1v) is 3.42. The third-order valence-electron chi connectivity index (χ3n) is 0.919. The topological polar surface area (TPSA) is 102 Å². The van der Waals surface area contributed by atoms with E-state index in [9.17, 15) is 9.59 Å². The highest BCUT2D eigenvalue weighted by atomic mass is 16.7. The quantitative estimate of drug-likeness (QED) is 0.424. The van der Waals surface area contributed by atoms with Gasteiger partial charge in [0, 0.05) is 0 Å². The maximum absolute atomic E-state index is 9.21. The Morgan fingerprint density at radius 1 is 0.923 bits per heavy atom. The lowest BCUT2D eigenvalue weighted by Crippen LogP contribution is -2.16. The Balaban J connectivity index is 0.000000223. The number of rotatable bonds is 0. The van der Waals surface area contributed by atoms with Gasteiger partial charge in [-0.3, -0.25) is 0 Å². The Labute approximate surface area is 73.8 Å². The van der Waals surface area contributed by atoms with Crippen LogP contribution in [0.15, 0.2) is 0 Å². The van der Waals surface area contributed by atoms with E-state index in [0.717, 1.165) is 26.4 Å². The molecule has 2 N–H and O–H groups in total. The molecule has 1 aliphatic heterocycles. The smallest absolute Gasteiger partial charge is 0.449 e. The van der Waals surface area contributed by atoms with Crippen molar-refractivity contribution in [1.82, 2.24) is 0 Å². The fourth-order valence-corrected chi connectivity index (χ4v) is 0.515.